The SMILES string of the molecule is CC(C)COc1ccc(CC(=O)N(Cc2ccc(F)cc2)[C@H]2CCN(C)C[C@H]2F)cc1. The Kier molecular flexibility index (Phi) is 8.02. The van der Waals surface area contributed by atoms with Gasteiger partial charge in [-0.05, 0) is 54.8 Å². The second-order valence-electron chi connectivity index (χ2n) is 8.81. The second-order valence-corrected chi connectivity index (χ2v) is 8.81. The van der Waals surface area contributed by atoms with E-state index in [1.807, 2.05) is 36.2 Å². The van der Waals surface area contributed by atoms with Gasteiger partial charge in [0.25, 0.3) is 0 Å². The second kappa shape index (κ2) is 10.7. The molecule has 31 heavy (non-hydrogen) atoms. The first-order valence-corrected chi connectivity index (χ1v) is 10.9. The zero-order valence-corrected chi connectivity index (χ0v) is 18.6. The van der Waals surface area contributed by atoms with Gasteiger partial charge < -0.3 is 14.5 Å². The third kappa shape index (κ3) is 6.76. The van der Waals surface area contributed by atoms with Crippen molar-refractivity contribution in [1.29, 1.82) is 0 Å². The predicted molar refractivity (Wildman–Crippen MR) is 118 cm³/mol. The van der Waals surface area contributed by atoms with E-state index < -0.39 is 12.2 Å². The van der Waals surface area contributed by atoms with Crippen LogP contribution in [0, 0.1) is 11.7 Å². The van der Waals surface area contributed by atoms with Crippen LogP contribution >= 0.6 is 0 Å². The van der Waals surface area contributed by atoms with Gasteiger partial charge in [-0.3, -0.25) is 4.79 Å². The number of amides is 1. The summed E-state index contributed by atoms with van der Waals surface area (Å²) in [5, 5.41) is 0. The lowest BCUT2D eigenvalue weighted by Gasteiger charge is -2.39. The van der Waals surface area contributed by atoms with Crippen molar-refractivity contribution in [2.24, 2.45) is 5.92 Å². The number of ether oxygens (including phenoxy) is 1. The number of rotatable bonds is 8. The summed E-state index contributed by atoms with van der Waals surface area (Å²) in [6, 6.07) is 13.0. The van der Waals surface area contributed by atoms with Crippen LogP contribution in [-0.2, 0) is 17.8 Å². The van der Waals surface area contributed by atoms with E-state index in [1.54, 1.807) is 17.0 Å². The van der Waals surface area contributed by atoms with Gasteiger partial charge in [-0.2, -0.15) is 0 Å². The van der Waals surface area contributed by atoms with Crippen LogP contribution in [0.4, 0.5) is 8.78 Å². The van der Waals surface area contributed by atoms with Gasteiger partial charge in [0, 0.05) is 19.6 Å². The Hall–Kier alpha value is -2.47. The molecule has 2 aromatic rings. The van der Waals surface area contributed by atoms with Crippen molar-refractivity contribution in [3.8, 4) is 5.75 Å². The zero-order chi connectivity index (χ0) is 22.4. The molecular weight excluding hydrogens is 398 g/mol. The van der Waals surface area contributed by atoms with Crippen LogP contribution < -0.4 is 4.74 Å². The van der Waals surface area contributed by atoms with Crippen LogP contribution in [0.2, 0.25) is 0 Å². The van der Waals surface area contributed by atoms with Crippen molar-refractivity contribution in [2.75, 3.05) is 26.7 Å². The number of halogens is 2. The lowest BCUT2D eigenvalue weighted by molar-refractivity contribution is -0.136. The molecule has 2 aromatic carbocycles. The highest BCUT2D eigenvalue weighted by molar-refractivity contribution is 5.79. The molecule has 0 aromatic heterocycles. The molecule has 0 bridgehead atoms. The fourth-order valence-corrected chi connectivity index (χ4v) is 3.81. The maximum absolute atomic E-state index is 14.9. The molecule has 1 aliphatic rings. The summed E-state index contributed by atoms with van der Waals surface area (Å²) in [4.78, 5) is 16.8. The monoisotopic (exact) mass is 430 g/mol. The fourth-order valence-electron chi connectivity index (χ4n) is 3.81. The lowest BCUT2D eigenvalue weighted by Crippen LogP contribution is -2.53. The summed E-state index contributed by atoms with van der Waals surface area (Å²) in [5.74, 6) is 0.748. The molecular formula is C25H32F2N2O2. The van der Waals surface area contributed by atoms with Crippen molar-refractivity contribution in [3.05, 3.63) is 65.5 Å². The smallest absolute Gasteiger partial charge is 0.227 e. The van der Waals surface area contributed by atoms with Crippen molar-refractivity contribution in [1.82, 2.24) is 9.80 Å². The van der Waals surface area contributed by atoms with E-state index in [9.17, 15) is 13.6 Å². The summed E-state index contributed by atoms with van der Waals surface area (Å²) < 4.78 is 33.9. The van der Waals surface area contributed by atoms with Crippen LogP contribution in [0.15, 0.2) is 48.5 Å². The van der Waals surface area contributed by atoms with Crippen LogP contribution in [-0.4, -0.2) is 54.7 Å². The number of carbonyl (C=O) groups is 1. The highest BCUT2D eigenvalue weighted by Crippen LogP contribution is 2.23. The lowest BCUT2D eigenvalue weighted by atomic mass is 9.99. The summed E-state index contributed by atoms with van der Waals surface area (Å²) in [7, 11) is 1.89. The highest BCUT2D eigenvalue weighted by Gasteiger charge is 2.34. The molecule has 6 heteroatoms. The van der Waals surface area contributed by atoms with Crippen LogP contribution in [0.3, 0.4) is 0 Å². The Morgan fingerprint density at radius 1 is 1.13 bits per heavy atom. The van der Waals surface area contributed by atoms with Gasteiger partial charge in [0.05, 0.1) is 19.1 Å². The molecule has 0 aliphatic carbocycles. The number of hydrogen-bond donors (Lipinski definition) is 0. The maximum atomic E-state index is 14.9. The summed E-state index contributed by atoms with van der Waals surface area (Å²) in [5.41, 5.74) is 1.65. The Balaban J connectivity index is 1.73. The minimum Gasteiger partial charge on any atom is -0.493 e. The van der Waals surface area contributed by atoms with Crippen LogP contribution in [0.1, 0.15) is 31.4 Å². The normalized spacial score (nSPS) is 19.4. The molecule has 1 amide bonds. The molecule has 0 radical (unpaired) electrons. The standard InChI is InChI=1S/C25H32F2N2O2/c1-18(2)17-31-22-10-6-19(7-11-22)14-25(30)29(15-20-4-8-21(26)9-5-20)24-12-13-28(3)16-23(24)27/h4-11,18,23-24H,12-17H2,1-3H3/t23-,24+/m1/s1. The van der Waals surface area contributed by atoms with Gasteiger partial charge in [-0.15, -0.1) is 0 Å². The Labute approximate surface area is 183 Å². The molecule has 168 valence electrons. The first-order valence-electron chi connectivity index (χ1n) is 10.9. The summed E-state index contributed by atoms with van der Waals surface area (Å²) in [6.07, 6.45) is -0.355. The molecule has 1 saturated heterocycles. The van der Waals surface area contributed by atoms with E-state index in [0.29, 0.717) is 25.5 Å². The molecule has 1 heterocycles. The Bertz CT molecular complexity index is 840. The molecule has 0 spiro atoms. The average Bonchev–Trinajstić information content (AvgIpc) is 2.73. The summed E-state index contributed by atoms with van der Waals surface area (Å²) in [6.45, 7) is 6.12. The third-order valence-corrected chi connectivity index (χ3v) is 5.56. The molecule has 1 aliphatic heterocycles. The van der Waals surface area contributed by atoms with Gasteiger partial charge in [0.1, 0.15) is 17.7 Å². The molecule has 2 atom stereocenters. The number of benzene rings is 2. The largest absolute Gasteiger partial charge is 0.493 e. The highest BCUT2D eigenvalue weighted by atomic mass is 19.1. The fraction of sp³-hybridized carbons (Fsp3) is 0.480. The molecule has 0 unspecified atom stereocenters. The topological polar surface area (TPSA) is 32.8 Å². The maximum Gasteiger partial charge on any atom is 0.227 e. The molecule has 4 nitrogen and oxygen atoms in total. The molecule has 0 saturated carbocycles. The number of likely N-dealkylation sites (tertiary alicyclic amines) is 1. The average molecular weight is 431 g/mol. The van der Waals surface area contributed by atoms with Crippen LogP contribution in [0.25, 0.3) is 0 Å². The minimum absolute atomic E-state index is 0.127. The van der Waals surface area contributed by atoms with Crippen molar-refractivity contribution in [3.63, 3.8) is 0 Å². The van der Waals surface area contributed by atoms with E-state index in [4.69, 9.17) is 4.74 Å². The van der Waals surface area contributed by atoms with E-state index in [1.165, 1.54) is 12.1 Å². The minimum atomic E-state index is -1.12. The quantitative estimate of drug-likeness (QED) is 0.619. The van der Waals surface area contributed by atoms with E-state index in [2.05, 4.69) is 13.8 Å². The van der Waals surface area contributed by atoms with Gasteiger partial charge in [0.2, 0.25) is 5.91 Å². The number of nitrogens with zero attached hydrogens (tertiary/aromatic N) is 2. The Morgan fingerprint density at radius 2 is 1.77 bits per heavy atom. The van der Waals surface area contributed by atoms with E-state index >= 15 is 0 Å². The van der Waals surface area contributed by atoms with Crippen molar-refractivity contribution >= 4 is 5.91 Å². The predicted octanol–water partition coefficient (Wildman–Crippen LogP) is 4.47. The van der Waals surface area contributed by atoms with E-state index in [0.717, 1.165) is 23.4 Å². The van der Waals surface area contributed by atoms with Gasteiger partial charge in [-0.1, -0.05) is 38.1 Å². The molecule has 1 fully saturated rings. The number of alkyl halides is 1. The molecule has 3 rings (SSSR count). The first kappa shape index (κ1) is 23.2. The number of hydrogen-bond acceptors (Lipinski definition) is 3. The van der Waals surface area contributed by atoms with Gasteiger partial charge in [0.15, 0.2) is 0 Å². The Morgan fingerprint density at radius 3 is 2.39 bits per heavy atom. The third-order valence-electron chi connectivity index (χ3n) is 5.56. The first-order chi connectivity index (χ1) is 14.8. The van der Waals surface area contributed by atoms with Crippen molar-refractivity contribution < 1.29 is 18.3 Å². The number of carbonyl (C=O) groups excluding carboxylic acids is 1. The summed E-state index contributed by atoms with van der Waals surface area (Å²) >= 11 is 0. The zero-order valence-electron chi connectivity index (χ0n) is 18.6. The van der Waals surface area contributed by atoms with Crippen LogP contribution in [0.5, 0.6) is 5.75 Å². The van der Waals surface area contributed by atoms with Crippen molar-refractivity contribution in [2.45, 2.75) is 45.4 Å². The van der Waals surface area contributed by atoms with Gasteiger partial charge >= 0.3 is 0 Å². The number of piperidine rings is 1. The van der Waals surface area contributed by atoms with Gasteiger partial charge in [-0.25, -0.2) is 8.78 Å². The van der Waals surface area contributed by atoms with E-state index in [-0.39, 0.29) is 24.7 Å². The molecule has 0 N–H and O–H groups in total.